The molecule has 0 radical (unpaired) electrons. The zero-order valence-corrected chi connectivity index (χ0v) is 12.0. The van der Waals surface area contributed by atoms with Gasteiger partial charge in [-0.05, 0) is 38.2 Å². The van der Waals surface area contributed by atoms with E-state index in [-0.39, 0.29) is 11.9 Å². The third kappa shape index (κ3) is 2.14. The summed E-state index contributed by atoms with van der Waals surface area (Å²) in [4.78, 5) is 14.7. The second-order valence-electron chi connectivity index (χ2n) is 5.92. The summed E-state index contributed by atoms with van der Waals surface area (Å²) >= 11 is 0. The summed E-state index contributed by atoms with van der Waals surface area (Å²) in [5.41, 5.74) is 2.93. The molecule has 110 valence electrons. The van der Waals surface area contributed by atoms with Crippen molar-refractivity contribution in [3.63, 3.8) is 0 Å². The standard InChI is InChI=1S/C15H19N5O/c21-15(14-12-5-1-6-13(12)17-18-14)19-8-2-4-11(10-19)20-9-3-7-16-20/h3,7,9,11H,1-2,4-6,8,10H2,(H,17,18). The highest BCUT2D eigenvalue weighted by atomic mass is 16.2. The second-order valence-corrected chi connectivity index (χ2v) is 5.92. The van der Waals surface area contributed by atoms with Gasteiger partial charge in [-0.15, -0.1) is 0 Å². The largest absolute Gasteiger partial charge is 0.335 e. The van der Waals surface area contributed by atoms with Crippen LogP contribution < -0.4 is 0 Å². The van der Waals surface area contributed by atoms with E-state index < -0.39 is 0 Å². The van der Waals surface area contributed by atoms with E-state index in [0.29, 0.717) is 5.69 Å². The number of nitrogens with one attached hydrogen (secondary N) is 1. The molecule has 1 N–H and O–H groups in total. The van der Waals surface area contributed by atoms with Crippen molar-refractivity contribution in [1.82, 2.24) is 24.9 Å². The van der Waals surface area contributed by atoms with Crippen molar-refractivity contribution in [2.45, 2.75) is 38.1 Å². The quantitative estimate of drug-likeness (QED) is 0.911. The van der Waals surface area contributed by atoms with Crippen molar-refractivity contribution >= 4 is 5.91 Å². The Hall–Kier alpha value is -2.11. The normalized spacial score (nSPS) is 21.5. The first kappa shape index (κ1) is 12.6. The fraction of sp³-hybridized carbons (Fsp3) is 0.533. The van der Waals surface area contributed by atoms with Gasteiger partial charge in [0.05, 0.1) is 6.04 Å². The Morgan fingerprint density at radius 2 is 2.29 bits per heavy atom. The lowest BCUT2D eigenvalue weighted by Gasteiger charge is -2.32. The Morgan fingerprint density at radius 1 is 1.33 bits per heavy atom. The molecule has 1 unspecified atom stereocenters. The number of fused-ring (bicyclic) bond motifs is 1. The van der Waals surface area contributed by atoms with Crippen LogP contribution in [-0.2, 0) is 12.8 Å². The zero-order chi connectivity index (χ0) is 14.2. The fourth-order valence-electron chi connectivity index (χ4n) is 3.50. The number of likely N-dealkylation sites (tertiary alicyclic amines) is 1. The highest BCUT2D eigenvalue weighted by Gasteiger charge is 2.30. The predicted octanol–water partition coefficient (Wildman–Crippen LogP) is 1.57. The third-order valence-electron chi connectivity index (χ3n) is 4.59. The molecule has 1 aliphatic heterocycles. The SMILES string of the molecule is O=C(c1n[nH]c2c1CCC2)N1CCCC(n2cccn2)C1. The van der Waals surface area contributed by atoms with Crippen LogP contribution in [0.2, 0.25) is 0 Å². The summed E-state index contributed by atoms with van der Waals surface area (Å²) < 4.78 is 1.97. The van der Waals surface area contributed by atoms with E-state index in [1.165, 1.54) is 0 Å². The van der Waals surface area contributed by atoms with Crippen LogP contribution in [0.5, 0.6) is 0 Å². The van der Waals surface area contributed by atoms with Gasteiger partial charge in [-0.3, -0.25) is 14.6 Å². The molecule has 6 heteroatoms. The summed E-state index contributed by atoms with van der Waals surface area (Å²) in [6, 6.07) is 2.21. The monoisotopic (exact) mass is 285 g/mol. The minimum absolute atomic E-state index is 0.0752. The van der Waals surface area contributed by atoms with Crippen LogP contribution in [0, 0.1) is 0 Å². The molecule has 6 nitrogen and oxygen atoms in total. The average molecular weight is 285 g/mol. The number of aromatic nitrogens is 4. The molecule has 1 fully saturated rings. The van der Waals surface area contributed by atoms with Gasteiger partial charge < -0.3 is 4.90 Å². The molecule has 21 heavy (non-hydrogen) atoms. The van der Waals surface area contributed by atoms with Gasteiger partial charge in [0.1, 0.15) is 0 Å². The molecule has 2 aromatic heterocycles. The molecule has 0 saturated carbocycles. The lowest BCUT2D eigenvalue weighted by molar-refractivity contribution is 0.0666. The molecule has 0 spiro atoms. The van der Waals surface area contributed by atoms with E-state index in [9.17, 15) is 4.79 Å². The van der Waals surface area contributed by atoms with Crippen LogP contribution in [0.3, 0.4) is 0 Å². The number of aromatic amines is 1. The number of H-pyrrole nitrogens is 1. The number of hydrogen-bond donors (Lipinski definition) is 1. The molecule has 1 saturated heterocycles. The molecule has 4 rings (SSSR count). The zero-order valence-electron chi connectivity index (χ0n) is 12.0. The minimum atomic E-state index is 0.0752. The van der Waals surface area contributed by atoms with Crippen LogP contribution in [-0.4, -0.2) is 43.9 Å². The van der Waals surface area contributed by atoms with Gasteiger partial charge in [-0.25, -0.2) is 0 Å². The fourth-order valence-corrected chi connectivity index (χ4v) is 3.50. The van der Waals surface area contributed by atoms with Crippen LogP contribution in [0.15, 0.2) is 18.5 Å². The molecule has 0 aromatic carbocycles. The van der Waals surface area contributed by atoms with Gasteiger partial charge in [-0.1, -0.05) is 0 Å². The Labute approximate surface area is 123 Å². The Bertz CT molecular complexity index is 645. The number of hydrogen-bond acceptors (Lipinski definition) is 3. The molecule has 1 atom stereocenters. The van der Waals surface area contributed by atoms with Crippen molar-refractivity contribution in [2.75, 3.05) is 13.1 Å². The Kier molecular flexibility index (Phi) is 3.02. The number of amides is 1. The van der Waals surface area contributed by atoms with Crippen LogP contribution in [0.4, 0.5) is 0 Å². The van der Waals surface area contributed by atoms with Crippen molar-refractivity contribution in [2.24, 2.45) is 0 Å². The summed E-state index contributed by atoms with van der Waals surface area (Å²) in [6.45, 7) is 1.54. The topological polar surface area (TPSA) is 66.8 Å². The smallest absolute Gasteiger partial charge is 0.274 e. The number of nitrogens with zero attached hydrogens (tertiary/aromatic N) is 4. The molecule has 0 bridgehead atoms. The van der Waals surface area contributed by atoms with Crippen LogP contribution in [0.1, 0.15) is 47.1 Å². The molecule has 2 aliphatic rings. The lowest BCUT2D eigenvalue weighted by atomic mass is 10.0. The third-order valence-corrected chi connectivity index (χ3v) is 4.59. The van der Waals surface area contributed by atoms with Gasteiger partial charge in [0.25, 0.3) is 5.91 Å². The first-order valence-electron chi connectivity index (χ1n) is 7.67. The van der Waals surface area contributed by atoms with Gasteiger partial charge in [-0.2, -0.15) is 10.2 Å². The maximum absolute atomic E-state index is 12.7. The maximum atomic E-state index is 12.7. The van der Waals surface area contributed by atoms with Crippen molar-refractivity contribution in [3.8, 4) is 0 Å². The molecular formula is C15H19N5O. The predicted molar refractivity (Wildman–Crippen MR) is 77.0 cm³/mol. The number of rotatable bonds is 2. The molecule has 1 aliphatic carbocycles. The molecule has 3 heterocycles. The first-order valence-corrected chi connectivity index (χ1v) is 7.67. The molecule has 1 amide bonds. The molecular weight excluding hydrogens is 266 g/mol. The van der Waals surface area contributed by atoms with Crippen molar-refractivity contribution in [3.05, 3.63) is 35.4 Å². The Balaban J connectivity index is 1.54. The van der Waals surface area contributed by atoms with Crippen molar-refractivity contribution < 1.29 is 4.79 Å². The lowest BCUT2D eigenvalue weighted by Crippen LogP contribution is -2.41. The minimum Gasteiger partial charge on any atom is -0.335 e. The first-order chi connectivity index (χ1) is 10.3. The van der Waals surface area contributed by atoms with Gasteiger partial charge in [0.2, 0.25) is 0 Å². The van der Waals surface area contributed by atoms with E-state index >= 15 is 0 Å². The summed E-state index contributed by atoms with van der Waals surface area (Å²) in [5, 5.41) is 11.6. The summed E-state index contributed by atoms with van der Waals surface area (Å²) in [5.74, 6) is 0.0752. The summed E-state index contributed by atoms with van der Waals surface area (Å²) in [7, 11) is 0. The number of carbonyl (C=O) groups is 1. The summed E-state index contributed by atoms with van der Waals surface area (Å²) in [6.07, 6.45) is 8.98. The van der Waals surface area contributed by atoms with Gasteiger partial charge in [0, 0.05) is 36.7 Å². The molecule has 2 aromatic rings. The highest BCUT2D eigenvalue weighted by molar-refractivity contribution is 5.94. The van der Waals surface area contributed by atoms with E-state index in [1.54, 1.807) is 6.20 Å². The van der Waals surface area contributed by atoms with Crippen LogP contribution in [0.25, 0.3) is 0 Å². The number of piperidine rings is 1. The van der Waals surface area contributed by atoms with E-state index in [4.69, 9.17) is 0 Å². The van der Waals surface area contributed by atoms with Gasteiger partial charge in [0.15, 0.2) is 5.69 Å². The van der Waals surface area contributed by atoms with Crippen LogP contribution >= 0.6 is 0 Å². The average Bonchev–Trinajstić information content (AvgIpc) is 3.23. The highest BCUT2D eigenvalue weighted by Crippen LogP contribution is 2.26. The Morgan fingerprint density at radius 3 is 3.14 bits per heavy atom. The second kappa shape index (κ2) is 5.02. The number of aryl methyl sites for hydroxylation is 1. The number of carbonyl (C=O) groups excluding carboxylic acids is 1. The van der Waals surface area contributed by atoms with Gasteiger partial charge >= 0.3 is 0 Å². The van der Waals surface area contributed by atoms with E-state index in [2.05, 4.69) is 15.3 Å². The van der Waals surface area contributed by atoms with E-state index in [0.717, 1.165) is 56.5 Å². The maximum Gasteiger partial charge on any atom is 0.274 e. The van der Waals surface area contributed by atoms with Crippen molar-refractivity contribution in [1.29, 1.82) is 0 Å². The van der Waals surface area contributed by atoms with E-state index in [1.807, 2.05) is 21.8 Å².